The van der Waals surface area contributed by atoms with Crippen LogP contribution in [0.3, 0.4) is 0 Å². The van der Waals surface area contributed by atoms with E-state index >= 15 is 0 Å². The molecule has 0 saturated heterocycles. The van der Waals surface area contributed by atoms with Gasteiger partial charge in [0.05, 0.1) is 0 Å². The number of halogens is 2. The second-order valence-electron chi connectivity index (χ2n) is 3.88. The molecular formula is C12H14ClFO. The minimum Gasteiger partial charge on any atom is -0.300 e. The van der Waals surface area contributed by atoms with Gasteiger partial charge in [-0.3, -0.25) is 0 Å². The van der Waals surface area contributed by atoms with Crippen molar-refractivity contribution in [2.75, 3.05) is 0 Å². The van der Waals surface area contributed by atoms with Crippen LogP contribution in [0.25, 0.3) is 0 Å². The molecule has 1 atom stereocenters. The van der Waals surface area contributed by atoms with Crippen LogP contribution in [0.4, 0.5) is 4.39 Å². The Morgan fingerprint density at radius 2 is 2.13 bits per heavy atom. The second-order valence-corrected chi connectivity index (χ2v) is 4.29. The predicted molar refractivity (Wildman–Crippen MR) is 59.9 cm³/mol. The summed E-state index contributed by atoms with van der Waals surface area (Å²) >= 11 is 5.79. The van der Waals surface area contributed by atoms with E-state index in [2.05, 4.69) is 0 Å². The smallest absolute Gasteiger partial charge is 0.131 e. The Morgan fingerprint density at radius 1 is 1.53 bits per heavy atom. The van der Waals surface area contributed by atoms with Crippen molar-refractivity contribution in [1.82, 2.24) is 0 Å². The number of carbonyl (C=O) groups is 1. The summed E-state index contributed by atoms with van der Waals surface area (Å²) < 4.78 is 13.8. The second kappa shape index (κ2) is 4.75. The van der Waals surface area contributed by atoms with Crippen molar-refractivity contribution < 1.29 is 9.18 Å². The van der Waals surface area contributed by atoms with Crippen molar-refractivity contribution in [2.45, 2.75) is 33.1 Å². The molecule has 0 bridgehead atoms. The summed E-state index contributed by atoms with van der Waals surface area (Å²) in [5.41, 5.74) is 1.01. The van der Waals surface area contributed by atoms with E-state index in [1.807, 2.05) is 6.92 Å². The maximum Gasteiger partial charge on any atom is 0.131 e. The molecule has 15 heavy (non-hydrogen) atoms. The molecular weight excluding hydrogens is 215 g/mol. The van der Waals surface area contributed by atoms with Crippen LogP contribution in [-0.2, 0) is 4.79 Å². The molecule has 0 heterocycles. The Bertz CT molecular complexity index is 387. The lowest BCUT2D eigenvalue weighted by Gasteiger charge is -2.13. The Hall–Kier alpha value is -0.890. The van der Waals surface area contributed by atoms with Gasteiger partial charge in [0.15, 0.2) is 0 Å². The number of ketones is 1. The van der Waals surface area contributed by atoms with Gasteiger partial charge in [0, 0.05) is 17.0 Å². The fourth-order valence-electron chi connectivity index (χ4n) is 1.60. The van der Waals surface area contributed by atoms with Crippen molar-refractivity contribution in [3.05, 3.63) is 34.1 Å². The molecule has 0 fully saturated rings. The molecule has 0 aromatic heterocycles. The SMILES string of the molecule is CC(=O)CC(C)c1ccc(Cl)c(C)c1F. The van der Waals surface area contributed by atoms with E-state index in [4.69, 9.17) is 11.6 Å². The van der Waals surface area contributed by atoms with E-state index in [9.17, 15) is 9.18 Å². The van der Waals surface area contributed by atoms with Gasteiger partial charge in [0.25, 0.3) is 0 Å². The lowest BCUT2D eigenvalue weighted by molar-refractivity contribution is -0.117. The number of hydrogen-bond acceptors (Lipinski definition) is 1. The average Bonchev–Trinajstić information content (AvgIpc) is 2.13. The third kappa shape index (κ3) is 2.78. The first-order valence-corrected chi connectivity index (χ1v) is 5.25. The summed E-state index contributed by atoms with van der Waals surface area (Å²) in [5.74, 6) is -0.329. The fourth-order valence-corrected chi connectivity index (χ4v) is 1.75. The van der Waals surface area contributed by atoms with Crippen LogP contribution in [0.5, 0.6) is 0 Å². The molecule has 0 saturated carbocycles. The molecule has 0 aliphatic rings. The summed E-state index contributed by atoms with van der Waals surface area (Å²) in [5, 5.41) is 0.422. The molecule has 0 amide bonds. The summed E-state index contributed by atoms with van der Waals surface area (Å²) in [4.78, 5) is 10.9. The van der Waals surface area contributed by atoms with Crippen molar-refractivity contribution in [2.24, 2.45) is 0 Å². The molecule has 1 rings (SSSR count). The minimum atomic E-state index is -0.295. The van der Waals surface area contributed by atoms with Crippen molar-refractivity contribution >= 4 is 17.4 Å². The molecule has 0 radical (unpaired) electrons. The first-order chi connectivity index (χ1) is 6.93. The van der Waals surface area contributed by atoms with E-state index in [-0.39, 0.29) is 17.5 Å². The molecule has 0 aliphatic carbocycles. The van der Waals surface area contributed by atoms with Crippen LogP contribution < -0.4 is 0 Å². The first kappa shape index (κ1) is 12.2. The molecule has 0 spiro atoms. The van der Waals surface area contributed by atoms with Crippen LogP contribution in [0.15, 0.2) is 12.1 Å². The molecule has 82 valence electrons. The predicted octanol–water partition coefficient (Wildman–Crippen LogP) is 3.87. The number of carbonyl (C=O) groups excluding carboxylic acids is 1. The van der Waals surface area contributed by atoms with Gasteiger partial charge in [-0.2, -0.15) is 0 Å². The quantitative estimate of drug-likeness (QED) is 0.768. The van der Waals surface area contributed by atoms with Crippen molar-refractivity contribution in [3.8, 4) is 0 Å². The van der Waals surface area contributed by atoms with E-state index < -0.39 is 0 Å². The molecule has 1 aromatic rings. The summed E-state index contributed by atoms with van der Waals surface area (Å²) in [7, 11) is 0. The van der Waals surface area contributed by atoms with Crippen LogP contribution in [0.1, 0.15) is 37.3 Å². The molecule has 1 unspecified atom stereocenters. The molecule has 1 aromatic carbocycles. The van der Waals surface area contributed by atoms with E-state index in [0.29, 0.717) is 22.6 Å². The fraction of sp³-hybridized carbons (Fsp3) is 0.417. The summed E-state index contributed by atoms with van der Waals surface area (Å²) in [6.45, 7) is 4.99. The zero-order valence-corrected chi connectivity index (χ0v) is 9.86. The Balaban J connectivity index is 3.05. The van der Waals surface area contributed by atoms with Crippen LogP contribution in [-0.4, -0.2) is 5.78 Å². The highest BCUT2D eigenvalue weighted by molar-refractivity contribution is 6.31. The van der Waals surface area contributed by atoms with Crippen LogP contribution in [0.2, 0.25) is 5.02 Å². The highest BCUT2D eigenvalue weighted by Gasteiger charge is 2.15. The highest BCUT2D eigenvalue weighted by atomic mass is 35.5. The van der Waals surface area contributed by atoms with Crippen molar-refractivity contribution in [3.63, 3.8) is 0 Å². The van der Waals surface area contributed by atoms with Crippen LogP contribution >= 0.6 is 11.6 Å². The zero-order chi connectivity index (χ0) is 11.6. The van der Waals surface area contributed by atoms with E-state index in [1.54, 1.807) is 19.1 Å². The Labute approximate surface area is 94.3 Å². The van der Waals surface area contributed by atoms with Gasteiger partial charge in [-0.1, -0.05) is 24.6 Å². The normalized spacial score (nSPS) is 12.6. The first-order valence-electron chi connectivity index (χ1n) is 4.87. The lowest BCUT2D eigenvalue weighted by atomic mass is 9.94. The maximum atomic E-state index is 13.8. The maximum absolute atomic E-state index is 13.8. The van der Waals surface area contributed by atoms with E-state index in [1.165, 1.54) is 6.92 Å². The molecule has 0 N–H and O–H groups in total. The van der Waals surface area contributed by atoms with Gasteiger partial charge in [-0.25, -0.2) is 4.39 Å². The van der Waals surface area contributed by atoms with Gasteiger partial charge in [-0.15, -0.1) is 0 Å². The Morgan fingerprint density at radius 3 is 2.67 bits per heavy atom. The Kier molecular flexibility index (Phi) is 3.86. The van der Waals surface area contributed by atoms with Gasteiger partial charge < -0.3 is 4.79 Å². The third-order valence-electron chi connectivity index (χ3n) is 2.47. The molecule has 0 aliphatic heterocycles. The van der Waals surface area contributed by atoms with E-state index in [0.717, 1.165) is 0 Å². The van der Waals surface area contributed by atoms with Crippen molar-refractivity contribution in [1.29, 1.82) is 0 Å². The highest BCUT2D eigenvalue weighted by Crippen LogP contribution is 2.28. The average molecular weight is 229 g/mol. The monoisotopic (exact) mass is 228 g/mol. The molecule has 3 heteroatoms. The van der Waals surface area contributed by atoms with Crippen LogP contribution in [0, 0.1) is 12.7 Å². The number of benzene rings is 1. The zero-order valence-electron chi connectivity index (χ0n) is 9.10. The lowest BCUT2D eigenvalue weighted by Crippen LogP contribution is -2.04. The van der Waals surface area contributed by atoms with Gasteiger partial charge in [-0.05, 0) is 31.4 Å². The summed E-state index contributed by atoms with van der Waals surface area (Å²) in [6, 6.07) is 3.32. The minimum absolute atomic E-state index is 0.0644. The third-order valence-corrected chi connectivity index (χ3v) is 2.88. The summed E-state index contributed by atoms with van der Waals surface area (Å²) in [6.07, 6.45) is 0.359. The topological polar surface area (TPSA) is 17.1 Å². The number of hydrogen-bond donors (Lipinski definition) is 0. The number of rotatable bonds is 3. The largest absolute Gasteiger partial charge is 0.300 e. The van der Waals surface area contributed by atoms with Gasteiger partial charge >= 0.3 is 0 Å². The van der Waals surface area contributed by atoms with Gasteiger partial charge in [0.2, 0.25) is 0 Å². The van der Waals surface area contributed by atoms with Gasteiger partial charge in [0.1, 0.15) is 11.6 Å². The number of Topliss-reactive ketones (excluding diaryl/α,β-unsaturated/α-hetero) is 1. The standard InChI is InChI=1S/C12H14ClFO/c1-7(6-8(2)15)10-4-5-11(13)9(3)12(10)14/h4-5,7H,6H2,1-3H3. The molecule has 1 nitrogen and oxygen atoms in total.